The van der Waals surface area contributed by atoms with Crippen molar-refractivity contribution in [3.63, 3.8) is 0 Å². The third-order valence-electron chi connectivity index (χ3n) is 2.47. The Bertz CT molecular complexity index is 626. The SMILES string of the molecule is Cc1csc(NC(=O)Nc2ccc3c(c2)OCO3)n1. The minimum Gasteiger partial charge on any atom is -0.454 e. The lowest BCUT2D eigenvalue weighted by Crippen LogP contribution is -2.19. The highest BCUT2D eigenvalue weighted by Crippen LogP contribution is 2.34. The van der Waals surface area contributed by atoms with E-state index >= 15 is 0 Å². The lowest BCUT2D eigenvalue weighted by atomic mass is 10.3. The van der Waals surface area contributed by atoms with E-state index in [-0.39, 0.29) is 12.8 Å². The number of aromatic nitrogens is 1. The summed E-state index contributed by atoms with van der Waals surface area (Å²) in [5, 5.41) is 7.81. The normalized spacial score (nSPS) is 12.3. The molecule has 0 aliphatic carbocycles. The molecule has 98 valence electrons. The van der Waals surface area contributed by atoms with Crippen LogP contribution < -0.4 is 20.1 Å². The number of thiazole rings is 1. The van der Waals surface area contributed by atoms with E-state index in [4.69, 9.17) is 9.47 Å². The molecule has 0 radical (unpaired) electrons. The van der Waals surface area contributed by atoms with Crippen molar-refractivity contribution in [2.24, 2.45) is 0 Å². The minimum absolute atomic E-state index is 0.212. The van der Waals surface area contributed by atoms with Crippen molar-refractivity contribution in [1.29, 1.82) is 0 Å². The van der Waals surface area contributed by atoms with Crippen molar-refractivity contribution in [1.82, 2.24) is 4.98 Å². The van der Waals surface area contributed by atoms with Crippen LogP contribution in [0.3, 0.4) is 0 Å². The Kier molecular flexibility index (Phi) is 2.96. The first kappa shape index (κ1) is 11.8. The first-order chi connectivity index (χ1) is 9.20. The van der Waals surface area contributed by atoms with Gasteiger partial charge in [-0.25, -0.2) is 9.78 Å². The van der Waals surface area contributed by atoms with Crippen LogP contribution in [0.5, 0.6) is 11.5 Å². The van der Waals surface area contributed by atoms with Gasteiger partial charge in [-0.2, -0.15) is 0 Å². The van der Waals surface area contributed by atoms with Crippen LogP contribution in [0, 0.1) is 6.92 Å². The number of aryl methyl sites for hydroxylation is 1. The molecule has 0 unspecified atom stereocenters. The number of fused-ring (bicyclic) bond motifs is 1. The fraction of sp³-hybridized carbons (Fsp3) is 0.167. The van der Waals surface area contributed by atoms with Crippen LogP contribution in [0.1, 0.15) is 5.69 Å². The van der Waals surface area contributed by atoms with Crippen LogP contribution in [0.4, 0.5) is 15.6 Å². The van der Waals surface area contributed by atoms with Gasteiger partial charge in [0.25, 0.3) is 0 Å². The second-order valence-electron chi connectivity index (χ2n) is 3.94. The quantitative estimate of drug-likeness (QED) is 0.885. The van der Waals surface area contributed by atoms with E-state index in [0.717, 1.165) is 5.69 Å². The van der Waals surface area contributed by atoms with Gasteiger partial charge in [-0.05, 0) is 19.1 Å². The summed E-state index contributed by atoms with van der Waals surface area (Å²) in [7, 11) is 0. The molecule has 7 heteroatoms. The Morgan fingerprint density at radius 1 is 1.32 bits per heavy atom. The number of anilines is 2. The van der Waals surface area contributed by atoms with E-state index in [0.29, 0.717) is 22.3 Å². The van der Waals surface area contributed by atoms with Crippen molar-refractivity contribution in [3.8, 4) is 11.5 Å². The van der Waals surface area contributed by atoms with Crippen molar-refractivity contribution in [3.05, 3.63) is 29.3 Å². The molecular weight excluding hydrogens is 266 g/mol. The molecule has 0 spiro atoms. The van der Waals surface area contributed by atoms with Crippen molar-refractivity contribution in [2.45, 2.75) is 6.92 Å². The molecule has 0 fully saturated rings. The Hall–Kier alpha value is -2.28. The summed E-state index contributed by atoms with van der Waals surface area (Å²) in [5.41, 5.74) is 1.51. The smallest absolute Gasteiger partial charge is 0.325 e. The van der Waals surface area contributed by atoms with Crippen LogP contribution in [0.15, 0.2) is 23.6 Å². The highest BCUT2D eigenvalue weighted by Gasteiger charge is 2.14. The van der Waals surface area contributed by atoms with E-state index < -0.39 is 0 Å². The van der Waals surface area contributed by atoms with Gasteiger partial charge in [-0.1, -0.05) is 0 Å². The lowest BCUT2D eigenvalue weighted by Gasteiger charge is -2.06. The number of nitrogens with one attached hydrogen (secondary N) is 2. The maximum absolute atomic E-state index is 11.8. The van der Waals surface area contributed by atoms with E-state index in [9.17, 15) is 4.79 Å². The van der Waals surface area contributed by atoms with Gasteiger partial charge in [0.1, 0.15) is 0 Å². The number of nitrogens with zero attached hydrogens (tertiary/aromatic N) is 1. The molecule has 2 heterocycles. The van der Waals surface area contributed by atoms with Gasteiger partial charge in [-0.15, -0.1) is 11.3 Å². The van der Waals surface area contributed by atoms with Gasteiger partial charge in [0.05, 0.1) is 5.69 Å². The zero-order valence-corrected chi connectivity index (χ0v) is 10.9. The Labute approximate surface area is 113 Å². The van der Waals surface area contributed by atoms with Crippen LogP contribution in [-0.4, -0.2) is 17.8 Å². The number of carbonyl (C=O) groups is 1. The van der Waals surface area contributed by atoms with Crippen LogP contribution in [-0.2, 0) is 0 Å². The zero-order valence-electron chi connectivity index (χ0n) is 10.1. The number of carbonyl (C=O) groups excluding carboxylic acids is 1. The molecule has 2 aromatic rings. The van der Waals surface area contributed by atoms with Gasteiger partial charge in [0.2, 0.25) is 6.79 Å². The number of ether oxygens (including phenoxy) is 2. The van der Waals surface area contributed by atoms with E-state index in [2.05, 4.69) is 15.6 Å². The molecule has 2 N–H and O–H groups in total. The zero-order chi connectivity index (χ0) is 13.2. The molecule has 1 aromatic heterocycles. The van der Waals surface area contributed by atoms with Gasteiger partial charge in [0.15, 0.2) is 16.6 Å². The fourth-order valence-corrected chi connectivity index (χ4v) is 2.33. The Balaban J connectivity index is 1.66. The molecule has 0 atom stereocenters. The first-order valence-corrected chi connectivity index (χ1v) is 6.48. The number of rotatable bonds is 2. The highest BCUT2D eigenvalue weighted by atomic mass is 32.1. The van der Waals surface area contributed by atoms with E-state index in [1.54, 1.807) is 18.2 Å². The van der Waals surface area contributed by atoms with Crippen molar-refractivity contribution in [2.75, 3.05) is 17.4 Å². The van der Waals surface area contributed by atoms with Gasteiger partial charge in [0, 0.05) is 17.1 Å². The maximum atomic E-state index is 11.8. The fourth-order valence-electron chi connectivity index (χ4n) is 1.65. The Morgan fingerprint density at radius 2 is 2.16 bits per heavy atom. The van der Waals surface area contributed by atoms with Crippen molar-refractivity contribution >= 4 is 28.2 Å². The van der Waals surface area contributed by atoms with E-state index in [1.807, 2.05) is 12.3 Å². The van der Waals surface area contributed by atoms with E-state index in [1.165, 1.54) is 11.3 Å². The summed E-state index contributed by atoms with van der Waals surface area (Å²) < 4.78 is 10.4. The second kappa shape index (κ2) is 4.77. The summed E-state index contributed by atoms with van der Waals surface area (Å²) in [4.78, 5) is 15.9. The van der Waals surface area contributed by atoms with Crippen molar-refractivity contribution < 1.29 is 14.3 Å². The maximum Gasteiger partial charge on any atom is 0.325 e. The molecule has 1 aliphatic rings. The number of urea groups is 1. The average molecular weight is 277 g/mol. The Morgan fingerprint density at radius 3 is 2.95 bits per heavy atom. The van der Waals surface area contributed by atoms with Crippen LogP contribution >= 0.6 is 11.3 Å². The molecule has 0 bridgehead atoms. The molecule has 2 amide bonds. The molecular formula is C12H11N3O3S. The predicted octanol–water partition coefficient (Wildman–Crippen LogP) is 2.82. The molecule has 1 aromatic carbocycles. The third-order valence-corrected chi connectivity index (χ3v) is 3.35. The summed E-state index contributed by atoms with van der Waals surface area (Å²) in [6, 6.07) is 4.88. The molecule has 0 saturated heterocycles. The molecule has 19 heavy (non-hydrogen) atoms. The summed E-state index contributed by atoms with van der Waals surface area (Å²) in [6.07, 6.45) is 0. The lowest BCUT2D eigenvalue weighted by molar-refractivity contribution is 0.174. The summed E-state index contributed by atoms with van der Waals surface area (Å²) in [6.45, 7) is 2.08. The number of hydrogen-bond acceptors (Lipinski definition) is 5. The number of benzene rings is 1. The predicted molar refractivity (Wildman–Crippen MR) is 72.1 cm³/mol. The standard InChI is InChI=1S/C12H11N3O3S/c1-7-5-19-12(13-7)15-11(16)14-8-2-3-9-10(4-8)18-6-17-9/h2-5H,6H2,1H3,(H2,13,14,15,16). The monoisotopic (exact) mass is 277 g/mol. The summed E-state index contributed by atoms with van der Waals surface area (Å²) >= 11 is 1.38. The topological polar surface area (TPSA) is 72.5 Å². The van der Waals surface area contributed by atoms with Gasteiger partial charge in [-0.3, -0.25) is 5.32 Å². The van der Waals surface area contributed by atoms with Gasteiger partial charge >= 0.3 is 6.03 Å². The van der Waals surface area contributed by atoms with Gasteiger partial charge < -0.3 is 14.8 Å². The first-order valence-electron chi connectivity index (χ1n) is 5.60. The molecule has 6 nitrogen and oxygen atoms in total. The van der Waals surface area contributed by atoms with Crippen LogP contribution in [0.2, 0.25) is 0 Å². The number of hydrogen-bond donors (Lipinski definition) is 2. The second-order valence-corrected chi connectivity index (χ2v) is 4.80. The average Bonchev–Trinajstić information content (AvgIpc) is 2.97. The largest absolute Gasteiger partial charge is 0.454 e. The highest BCUT2D eigenvalue weighted by molar-refractivity contribution is 7.13. The summed E-state index contributed by atoms with van der Waals surface area (Å²) in [5.74, 6) is 1.31. The minimum atomic E-state index is -0.340. The third kappa shape index (κ3) is 2.60. The molecule has 0 saturated carbocycles. The molecule has 1 aliphatic heterocycles. The molecule has 3 rings (SSSR count). The number of amides is 2. The van der Waals surface area contributed by atoms with Crippen LogP contribution in [0.25, 0.3) is 0 Å².